The van der Waals surface area contributed by atoms with Gasteiger partial charge in [0.2, 0.25) is 11.8 Å². The maximum atomic E-state index is 14.0. The van der Waals surface area contributed by atoms with Gasteiger partial charge in [0.1, 0.15) is 17.7 Å². The fourth-order valence-electron chi connectivity index (χ4n) is 5.61. The SMILES string of the molecule is CC(C)(O)c1cnnn1C1CC(C(N)=O)N(C(=O)[C@@H](CC2CCCCC2)NC(=O)c2ccc([N+](=O)[O-])cc2)C1. The molecule has 2 unspecified atom stereocenters. The lowest BCUT2D eigenvalue weighted by molar-refractivity contribution is -0.384. The first-order valence-electron chi connectivity index (χ1n) is 13.2. The Morgan fingerprint density at radius 3 is 2.46 bits per heavy atom. The van der Waals surface area contributed by atoms with Crippen molar-refractivity contribution in [3.05, 3.63) is 51.8 Å². The molecular formula is C26H35N7O6. The van der Waals surface area contributed by atoms with E-state index in [1.165, 1.54) is 40.0 Å². The van der Waals surface area contributed by atoms with Gasteiger partial charge in [-0.15, -0.1) is 5.10 Å². The largest absolute Gasteiger partial charge is 0.384 e. The molecule has 3 atom stereocenters. The normalized spacial score (nSPS) is 20.9. The number of primary amides is 1. The Hall–Kier alpha value is -3.87. The summed E-state index contributed by atoms with van der Waals surface area (Å²) in [5.41, 5.74) is 4.95. The van der Waals surface area contributed by atoms with Gasteiger partial charge in [0.05, 0.1) is 22.9 Å². The lowest BCUT2D eigenvalue weighted by Gasteiger charge is -2.31. The molecule has 13 heteroatoms. The molecule has 0 radical (unpaired) electrons. The van der Waals surface area contributed by atoms with Gasteiger partial charge in [-0.25, -0.2) is 4.68 Å². The Balaban J connectivity index is 1.58. The number of nitrogens with zero attached hydrogens (tertiary/aromatic N) is 5. The Morgan fingerprint density at radius 1 is 1.21 bits per heavy atom. The number of carbonyl (C=O) groups excluding carboxylic acids is 3. The zero-order valence-corrected chi connectivity index (χ0v) is 22.2. The fourth-order valence-corrected chi connectivity index (χ4v) is 5.61. The summed E-state index contributed by atoms with van der Waals surface area (Å²) in [5, 5.41) is 32.4. The molecule has 39 heavy (non-hydrogen) atoms. The molecule has 3 amide bonds. The molecule has 1 aliphatic carbocycles. The van der Waals surface area contributed by atoms with Crippen LogP contribution in [0.3, 0.4) is 0 Å². The van der Waals surface area contributed by atoms with E-state index < -0.39 is 46.4 Å². The van der Waals surface area contributed by atoms with Crippen molar-refractivity contribution in [2.24, 2.45) is 11.7 Å². The number of aromatic nitrogens is 3. The zero-order chi connectivity index (χ0) is 28.3. The number of rotatable bonds is 9. The number of nitrogens with two attached hydrogens (primary N) is 1. The summed E-state index contributed by atoms with van der Waals surface area (Å²) >= 11 is 0. The third-order valence-corrected chi connectivity index (χ3v) is 7.68. The van der Waals surface area contributed by atoms with Crippen molar-refractivity contribution in [2.45, 2.75) is 82.5 Å². The average molecular weight is 542 g/mol. The highest BCUT2D eigenvalue weighted by Crippen LogP contribution is 2.33. The van der Waals surface area contributed by atoms with Gasteiger partial charge in [0.25, 0.3) is 11.6 Å². The summed E-state index contributed by atoms with van der Waals surface area (Å²) in [6.45, 7) is 3.30. The van der Waals surface area contributed by atoms with Crippen LogP contribution < -0.4 is 11.1 Å². The Kier molecular flexibility index (Phi) is 8.28. The van der Waals surface area contributed by atoms with Gasteiger partial charge in [-0.05, 0) is 38.3 Å². The van der Waals surface area contributed by atoms with E-state index in [-0.39, 0.29) is 30.1 Å². The van der Waals surface area contributed by atoms with Crippen molar-refractivity contribution in [3.63, 3.8) is 0 Å². The molecule has 1 aromatic carbocycles. The van der Waals surface area contributed by atoms with Gasteiger partial charge in [-0.3, -0.25) is 24.5 Å². The van der Waals surface area contributed by atoms with Crippen LogP contribution in [0.25, 0.3) is 0 Å². The van der Waals surface area contributed by atoms with Gasteiger partial charge in [0, 0.05) is 30.7 Å². The number of hydrogen-bond donors (Lipinski definition) is 3. The van der Waals surface area contributed by atoms with Crippen LogP contribution in [0.2, 0.25) is 0 Å². The monoisotopic (exact) mass is 541 g/mol. The molecule has 4 N–H and O–H groups in total. The highest BCUT2D eigenvalue weighted by Gasteiger charge is 2.44. The Bertz CT molecular complexity index is 1220. The molecular weight excluding hydrogens is 506 g/mol. The molecule has 1 saturated carbocycles. The van der Waals surface area contributed by atoms with Crippen LogP contribution in [0.1, 0.15) is 80.9 Å². The minimum absolute atomic E-state index is 0.105. The van der Waals surface area contributed by atoms with Crippen molar-refractivity contribution >= 4 is 23.4 Å². The van der Waals surface area contributed by atoms with Crippen LogP contribution in [-0.2, 0) is 15.2 Å². The molecule has 13 nitrogen and oxygen atoms in total. The van der Waals surface area contributed by atoms with Crippen LogP contribution in [0.4, 0.5) is 5.69 Å². The Morgan fingerprint density at radius 2 is 1.87 bits per heavy atom. The molecule has 1 aliphatic heterocycles. The first kappa shape index (κ1) is 28.1. The molecule has 1 saturated heterocycles. The number of non-ortho nitro benzene ring substituents is 1. The van der Waals surface area contributed by atoms with Crippen molar-refractivity contribution in [2.75, 3.05) is 6.54 Å². The van der Waals surface area contributed by atoms with E-state index in [2.05, 4.69) is 15.6 Å². The van der Waals surface area contributed by atoms with Gasteiger partial charge in [-0.2, -0.15) is 0 Å². The number of aliphatic hydroxyl groups is 1. The number of nitrogens with one attached hydrogen (secondary N) is 1. The van der Waals surface area contributed by atoms with Gasteiger partial charge >= 0.3 is 0 Å². The summed E-state index contributed by atoms with van der Waals surface area (Å²) < 4.78 is 1.52. The summed E-state index contributed by atoms with van der Waals surface area (Å²) in [7, 11) is 0. The van der Waals surface area contributed by atoms with Crippen LogP contribution in [0.15, 0.2) is 30.5 Å². The molecule has 1 aromatic heterocycles. The van der Waals surface area contributed by atoms with Crippen LogP contribution in [-0.4, -0.2) is 66.3 Å². The molecule has 0 spiro atoms. The highest BCUT2D eigenvalue weighted by atomic mass is 16.6. The maximum absolute atomic E-state index is 14.0. The second-order valence-corrected chi connectivity index (χ2v) is 11.0. The lowest BCUT2D eigenvalue weighted by atomic mass is 9.84. The van der Waals surface area contributed by atoms with Crippen molar-refractivity contribution in [1.82, 2.24) is 25.2 Å². The number of nitro groups is 1. The standard InChI is InChI=1S/C26H35N7O6/c1-26(2,37)22-14-28-30-32(22)19-13-21(23(27)34)31(15-19)25(36)20(12-16-6-4-3-5-7-16)29-24(35)17-8-10-18(11-9-17)33(38)39/h8-11,14,16,19-21,37H,3-7,12-13,15H2,1-2H3,(H2,27,34)(H,29,35)/t19?,20-,21?/m1/s1. The first-order valence-corrected chi connectivity index (χ1v) is 13.2. The van der Waals surface area contributed by atoms with Crippen LogP contribution in [0, 0.1) is 16.0 Å². The van der Waals surface area contributed by atoms with E-state index >= 15 is 0 Å². The predicted molar refractivity (Wildman–Crippen MR) is 139 cm³/mol. The number of amides is 3. The quantitative estimate of drug-likeness (QED) is 0.317. The molecule has 0 bridgehead atoms. The van der Waals surface area contributed by atoms with Crippen LogP contribution in [0.5, 0.6) is 0 Å². The molecule has 2 heterocycles. The van der Waals surface area contributed by atoms with Gasteiger partial charge < -0.3 is 21.1 Å². The van der Waals surface area contributed by atoms with E-state index in [0.717, 1.165) is 32.1 Å². The van der Waals surface area contributed by atoms with E-state index in [9.17, 15) is 29.6 Å². The zero-order valence-electron chi connectivity index (χ0n) is 22.2. The minimum atomic E-state index is -1.24. The number of nitro benzene ring substituents is 1. The van der Waals surface area contributed by atoms with Crippen LogP contribution >= 0.6 is 0 Å². The first-order chi connectivity index (χ1) is 18.5. The summed E-state index contributed by atoms with van der Waals surface area (Å²) in [6.07, 6.45) is 7.14. The van der Waals surface area contributed by atoms with Crippen molar-refractivity contribution < 1.29 is 24.4 Å². The van der Waals surface area contributed by atoms with E-state index in [4.69, 9.17) is 5.73 Å². The number of likely N-dealkylation sites (tertiary alicyclic amines) is 1. The number of hydrogen-bond acceptors (Lipinski definition) is 8. The predicted octanol–water partition coefficient (Wildman–Crippen LogP) is 1.81. The molecule has 2 aromatic rings. The molecule has 210 valence electrons. The number of benzene rings is 1. The van der Waals surface area contributed by atoms with Crippen molar-refractivity contribution in [1.29, 1.82) is 0 Å². The van der Waals surface area contributed by atoms with Crippen molar-refractivity contribution in [3.8, 4) is 0 Å². The smallest absolute Gasteiger partial charge is 0.269 e. The maximum Gasteiger partial charge on any atom is 0.269 e. The highest BCUT2D eigenvalue weighted by molar-refractivity contribution is 5.98. The minimum Gasteiger partial charge on any atom is -0.384 e. The third kappa shape index (κ3) is 6.41. The van der Waals surface area contributed by atoms with E-state index in [1.807, 2.05) is 0 Å². The van der Waals surface area contributed by atoms with Gasteiger partial charge in [-0.1, -0.05) is 37.3 Å². The second-order valence-electron chi connectivity index (χ2n) is 11.0. The molecule has 2 aliphatic rings. The second kappa shape index (κ2) is 11.5. The summed E-state index contributed by atoms with van der Waals surface area (Å²) in [4.78, 5) is 51.4. The Labute approximate surface area is 225 Å². The third-order valence-electron chi connectivity index (χ3n) is 7.68. The molecule has 2 fully saturated rings. The fraction of sp³-hybridized carbons (Fsp3) is 0.577. The van der Waals surface area contributed by atoms with Gasteiger partial charge in [0.15, 0.2) is 0 Å². The van der Waals surface area contributed by atoms with E-state index in [0.29, 0.717) is 12.1 Å². The summed E-state index contributed by atoms with van der Waals surface area (Å²) in [6, 6.07) is 2.87. The molecule has 4 rings (SSSR count). The topological polar surface area (TPSA) is 187 Å². The average Bonchev–Trinajstić information content (AvgIpc) is 3.56. The lowest BCUT2D eigenvalue weighted by Crippen LogP contribution is -2.53. The summed E-state index contributed by atoms with van der Waals surface area (Å²) in [5.74, 6) is -1.40. The van der Waals surface area contributed by atoms with E-state index in [1.54, 1.807) is 13.8 Å². The number of carbonyl (C=O) groups is 3.